The number of carbonyl (C=O) groups is 2. The molecule has 1 aliphatic heterocycles. The van der Waals surface area contributed by atoms with Crippen molar-refractivity contribution in [2.75, 3.05) is 0 Å². The van der Waals surface area contributed by atoms with Crippen LogP contribution in [0.2, 0.25) is 0 Å². The quantitative estimate of drug-likeness (QED) is 0.802. The van der Waals surface area contributed by atoms with Crippen LogP contribution in [0.25, 0.3) is 0 Å². The molecule has 1 aliphatic carbocycles. The molecule has 4 rings (SSSR count). The van der Waals surface area contributed by atoms with Crippen LogP contribution in [-0.2, 0) is 15.8 Å². The maximum atomic E-state index is 12.9. The number of benzene rings is 1. The van der Waals surface area contributed by atoms with Crippen LogP contribution < -0.4 is 5.32 Å². The van der Waals surface area contributed by atoms with Crippen LogP contribution in [0.5, 0.6) is 0 Å². The van der Waals surface area contributed by atoms with E-state index in [1.54, 1.807) is 11.3 Å². The molecule has 0 radical (unpaired) electrons. The molecule has 0 bridgehead atoms. The van der Waals surface area contributed by atoms with Crippen LogP contribution >= 0.6 is 11.3 Å². The molecular formula is C20H16F3NO2S. The average molecular weight is 391 g/mol. The van der Waals surface area contributed by atoms with Gasteiger partial charge in [0.25, 0.3) is 0 Å². The van der Waals surface area contributed by atoms with Crippen molar-refractivity contribution in [3.8, 4) is 0 Å². The number of carbonyl (C=O) groups excluding carboxylic acids is 2. The van der Waals surface area contributed by atoms with Gasteiger partial charge in [-0.3, -0.25) is 9.59 Å². The van der Waals surface area contributed by atoms with Crippen LogP contribution in [0.4, 0.5) is 13.2 Å². The zero-order valence-electron chi connectivity index (χ0n) is 14.2. The van der Waals surface area contributed by atoms with Gasteiger partial charge in [0.15, 0.2) is 5.78 Å². The van der Waals surface area contributed by atoms with E-state index in [-0.39, 0.29) is 24.0 Å². The van der Waals surface area contributed by atoms with Gasteiger partial charge in [-0.1, -0.05) is 18.2 Å². The summed E-state index contributed by atoms with van der Waals surface area (Å²) < 4.78 is 38.4. The fourth-order valence-electron chi connectivity index (χ4n) is 3.87. The first kappa shape index (κ1) is 18.0. The smallest absolute Gasteiger partial charge is 0.329 e. The van der Waals surface area contributed by atoms with Crippen molar-refractivity contribution in [2.45, 2.75) is 37.3 Å². The lowest BCUT2D eigenvalue weighted by Gasteiger charge is -2.34. The molecule has 27 heavy (non-hydrogen) atoms. The number of ketones is 1. The van der Waals surface area contributed by atoms with E-state index in [1.807, 2.05) is 17.5 Å². The van der Waals surface area contributed by atoms with E-state index in [2.05, 4.69) is 5.32 Å². The number of alkyl halides is 3. The second kappa shape index (κ2) is 6.64. The van der Waals surface area contributed by atoms with Crippen molar-refractivity contribution in [2.24, 2.45) is 0 Å². The van der Waals surface area contributed by atoms with E-state index in [0.29, 0.717) is 29.7 Å². The van der Waals surface area contributed by atoms with Crippen molar-refractivity contribution < 1.29 is 22.8 Å². The molecule has 1 amide bonds. The van der Waals surface area contributed by atoms with Gasteiger partial charge in [-0.2, -0.15) is 13.2 Å². The Balaban J connectivity index is 1.68. The fourth-order valence-corrected chi connectivity index (χ4v) is 4.70. The minimum atomic E-state index is -4.42. The molecular weight excluding hydrogens is 375 g/mol. The molecule has 3 nitrogen and oxygen atoms in total. The summed E-state index contributed by atoms with van der Waals surface area (Å²) >= 11 is 1.58. The number of hydrogen-bond acceptors (Lipinski definition) is 3. The highest BCUT2D eigenvalue weighted by atomic mass is 32.1. The minimum Gasteiger partial charge on any atom is -0.329 e. The number of rotatable bonds is 2. The second-order valence-corrected chi connectivity index (χ2v) is 7.84. The molecule has 1 N–H and O–H groups in total. The Morgan fingerprint density at radius 3 is 2.37 bits per heavy atom. The fraction of sp³-hybridized carbons (Fsp3) is 0.300. The molecule has 7 heteroatoms. The highest BCUT2D eigenvalue weighted by Crippen LogP contribution is 2.43. The molecule has 0 saturated carbocycles. The number of nitrogens with one attached hydrogen (secondary N) is 1. The molecule has 0 fully saturated rings. The molecule has 2 heterocycles. The lowest BCUT2D eigenvalue weighted by molar-refractivity contribution is -0.137. The van der Waals surface area contributed by atoms with E-state index < -0.39 is 17.7 Å². The summed E-state index contributed by atoms with van der Waals surface area (Å²) in [5, 5.41) is 4.77. The second-order valence-electron chi connectivity index (χ2n) is 6.86. The summed E-state index contributed by atoms with van der Waals surface area (Å²) in [6.07, 6.45) is -3.43. The van der Waals surface area contributed by atoms with Crippen LogP contribution in [0.15, 0.2) is 53.0 Å². The van der Waals surface area contributed by atoms with Crippen LogP contribution in [0, 0.1) is 0 Å². The van der Waals surface area contributed by atoms with E-state index in [0.717, 1.165) is 17.0 Å². The molecule has 0 saturated heterocycles. The molecule has 0 spiro atoms. The lowest BCUT2D eigenvalue weighted by atomic mass is 9.74. The maximum Gasteiger partial charge on any atom is 0.416 e. The third kappa shape index (κ3) is 3.43. The van der Waals surface area contributed by atoms with Crippen LogP contribution in [0.3, 0.4) is 0 Å². The standard InChI is InChI=1S/C20H16F3NO2S/c21-20(22,23)13-5-3-11(4-6-13)14-10-18(26)24-15-8-12(9-16(25)19(14)15)17-2-1-7-27-17/h1-7,12,14H,8-10H2,(H,24,26)/t12-,14-/m0/s1. The zero-order valence-corrected chi connectivity index (χ0v) is 15.0. The van der Waals surface area contributed by atoms with Crippen molar-refractivity contribution in [1.82, 2.24) is 5.32 Å². The number of Topliss-reactive ketones (excluding diaryl/α,β-unsaturated/α-hetero) is 1. The normalized spacial score (nSPS) is 23.2. The van der Waals surface area contributed by atoms with E-state index in [4.69, 9.17) is 0 Å². The Kier molecular flexibility index (Phi) is 4.42. The Morgan fingerprint density at radius 2 is 1.74 bits per heavy atom. The van der Waals surface area contributed by atoms with E-state index in [1.165, 1.54) is 12.1 Å². The molecule has 2 aromatic rings. The molecule has 0 unspecified atom stereocenters. The van der Waals surface area contributed by atoms with Gasteiger partial charge in [-0.05, 0) is 35.6 Å². The summed E-state index contributed by atoms with van der Waals surface area (Å²) in [5.41, 5.74) is 0.981. The first-order chi connectivity index (χ1) is 12.8. The van der Waals surface area contributed by atoms with Crippen molar-refractivity contribution in [1.29, 1.82) is 0 Å². The first-order valence-corrected chi connectivity index (χ1v) is 9.47. The number of amides is 1. The summed E-state index contributed by atoms with van der Waals surface area (Å²) in [4.78, 5) is 26.2. The van der Waals surface area contributed by atoms with Crippen molar-refractivity contribution >= 4 is 23.0 Å². The van der Waals surface area contributed by atoms with Gasteiger partial charge in [-0.25, -0.2) is 0 Å². The topological polar surface area (TPSA) is 46.2 Å². The monoisotopic (exact) mass is 391 g/mol. The molecule has 1 aromatic carbocycles. The van der Waals surface area contributed by atoms with Crippen molar-refractivity contribution in [3.63, 3.8) is 0 Å². The lowest BCUT2D eigenvalue weighted by Crippen LogP contribution is -2.38. The van der Waals surface area contributed by atoms with Gasteiger partial charge in [0.2, 0.25) is 5.91 Å². The summed E-state index contributed by atoms with van der Waals surface area (Å²) in [7, 11) is 0. The minimum absolute atomic E-state index is 0.0305. The Morgan fingerprint density at radius 1 is 1.00 bits per heavy atom. The predicted molar refractivity (Wildman–Crippen MR) is 95.3 cm³/mol. The Hall–Kier alpha value is -2.41. The number of halogens is 3. The van der Waals surface area contributed by atoms with E-state index >= 15 is 0 Å². The maximum absolute atomic E-state index is 12.9. The first-order valence-electron chi connectivity index (χ1n) is 8.59. The Bertz CT molecular complexity index is 914. The van der Waals surface area contributed by atoms with Crippen LogP contribution in [0.1, 0.15) is 47.1 Å². The average Bonchev–Trinajstić information content (AvgIpc) is 3.14. The van der Waals surface area contributed by atoms with Gasteiger partial charge in [0, 0.05) is 40.8 Å². The number of hydrogen-bond donors (Lipinski definition) is 1. The van der Waals surface area contributed by atoms with E-state index in [9.17, 15) is 22.8 Å². The summed E-state index contributed by atoms with van der Waals surface area (Å²) in [6.45, 7) is 0. The number of thiophene rings is 1. The molecule has 1 aromatic heterocycles. The Labute approximate surface area is 157 Å². The third-order valence-electron chi connectivity index (χ3n) is 5.12. The SMILES string of the molecule is O=C1C[C@@H](c2ccc(C(F)(F)F)cc2)C2=C(C[C@H](c3cccs3)CC2=O)N1. The van der Waals surface area contributed by atoms with Gasteiger partial charge < -0.3 is 5.32 Å². The third-order valence-corrected chi connectivity index (χ3v) is 6.16. The predicted octanol–water partition coefficient (Wildman–Crippen LogP) is 4.77. The van der Waals surface area contributed by atoms with Crippen molar-refractivity contribution in [3.05, 3.63) is 69.1 Å². The van der Waals surface area contributed by atoms with Gasteiger partial charge in [-0.15, -0.1) is 11.3 Å². The molecule has 2 aliphatic rings. The number of allylic oxidation sites excluding steroid dienone is 2. The summed E-state index contributed by atoms with van der Waals surface area (Å²) in [6, 6.07) is 8.66. The van der Waals surface area contributed by atoms with Crippen LogP contribution in [-0.4, -0.2) is 11.7 Å². The molecule has 2 atom stereocenters. The largest absolute Gasteiger partial charge is 0.416 e. The van der Waals surface area contributed by atoms with Gasteiger partial charge >= 0.3 is 6.18 Å². The highest BCUT2D eigenvalue weighted by molar-refractivity contribution is 7.10. The summed E-state index contributed by atoms with van der Waals surface area (Å²) in [5.74, 6) is -0.714. The van der Waals surface area contributed by atoms with Gasteiger partial charge in [0.05, 0.1) is 5.56 Å². The molecule has 140 valence electrons. The van der Waals surface area contributed by atoms with Gasteiger partial charge in [0.1, 0.15) is 0 Å². The highest BCUT2D eigenvalue weighted by Gasteiger charge is 2.39. The zero-order chi connectivity index (χ0) is 19.2.